The summed E-state index contributed by atoms with van der Waals surface area (Å²) in [5.74, 6) is 0.287. The summed E-state index contributed by atoms with van der Waals surface area (Å²) in [5, 5.41) is 11.6. The molecule has 1 aromatic carbocycles. The lowest BCUT2D eigenvalue weighted by Gasteiger charge is -2.29. The number of aryl methyl sites for hydroxylation is 1. The number of carbonyl (C=O) groups is 1. The number of cyclic esters (lactones) is 1. The van der Waals surface area contributed by atoms with Crippen LogP contribution in [0.5, 0.6) is 5.75 Å². The van der Waals surface area contributed by atoms with Crippen molar-refractivity contribution in [2.75, 3.05) is 33.9 Å². The molecule has 2 bridgehead atoms. The van der Waals surface area contributed by atoms with Gasteiger partial charge in [-0.15, -0.1) is 5.10 Å². The lowest BCUT2D eigenvalue weighted by Crippen LogP contribution is -2.43. The number of fused-ring (bicyclic) bond motifs is 2. The van der Waals surface area contributed by atoms with Crippen LogP contribution in [0, 0.1) is 5.92 Å². The number of carbonyl (C=O) groups excluding carboxylic acids is 1. The molecule has 0 unspecified atom stereocenters. The molecule has 11 nitrogen and oxygen atoms in total. The van der Waals surface area contributed by atoms with Gasteiger partial charge >= 0.3 is 5.97 Å². The predicted octanol–water partition coefficient (Wildman–Crippen LogP) is 1.44. The molecule has 35 heavy (non-hydrogen) atoms. The van der Waals surface area contributed by atoms with Crippen LogP contribution >= 0.6 is 0 Å². The molecular formula is C23H35N5O6S. The molecule has 0 aliphatic carbocycles. The summed E-state index contributed by atoms with van der Waals surface area (Å²) >= 11 is 0. The van der Waals surface area contributed by atoms with Gasteiger partial charge in [-0.25, -0.2) is 8.42 Å². The molecule has 1 aliphatic heterocycles. The average molecular weight is 510 g/mol. The van der Waals surface area contributed by atoms with Crippen LogP contribution < -0.4 is 10.1 Å². The molecule has 3 atom stereocenters. The summed E-state index contributed by atoms with van der Waals surface area (Å²) in [7, 11) is -0.657. The van der Waals surface area contributed by atoms with Crippen LogP contribution in [-0.4, -0.2) is 79.7 Å². The van der Waals surface area contributed by atoms with E-state index in [4.69, 9.17) is 14.2 Å². The molecule has 0 spiro atoms. The van der Waals surface area contributed by atoms with Crippen LogP contribution in [0.4, 0.5) is 0 Å². The van der Waals surface area contributed by atoms with E-state index in [1.54, 1.807) is 30.1 Å². The molecule has 0 amide bonds. The number of benzene rings is 1. The van der Waals surface area contributed by atoms with Gasteiger partial charge in [-0.3, -0.25) is 9.48 Å². The Balaban J connectivity index is 1.75. The Bertz CT molecular complexity index is 1060. The Morgan fingerprint density at radius 2 is 2.00 bits per heavy atom. The van der Waals surface area contributed by atoms with Gasteiger partial charge in [0.1, 0.15) is 18.1 Å². The van der Waals surface area contributed by atoms with E-state index in [1.807, 2.05) is 13.8 Å². The van der Waals surface area contributed by atoms with Crippen LogP contribution in [0.1, 0.15) is 32.4 Å². The van der Waals surface area contributed by atoms with Crippen molar-refractivity contribution in [2.24, 2.45) is 5.92 Å². The van der Waals surface area contributed by atoms with E-state index in [0.29, 0.717) is 37.4 Å². The Morgan fingerprint density at radius 1 is 1.26 bits per heavy atom. The van der Waals surface area contributed by atoms with Gasteiger partial charge in [-0.2, -0.15) is 4.31 Å². The fourth-order valence-electron chi connectivity index (χ4n) is 3.64. The van der Waals surface area contributed by atoms with Gasteiger partial charge in [0.2, 0.25) is 10.0 Å². The molecule has 0 radical (unpaired) electrons. The topological polar surface area (TPSA) is 125 Å². The lowest BCUT2D eigenvalue weighted by molar-refractivity contribution is -0.144. The standard InChI is InChI=1S/C23H35N5O6S/c1-17-12-24-18(2)15-34-23(29)6-5-11-28-13-19(25-26-28)16-33-22(17)14-27(3)35(30,31)21-9-7-20(32-4)8-10-21/h7-10,13,17-18,22,24H,5-6,11-12,14-16H2,1-4H3/t17-,18-,22-/m1/s1. The number of esters is 1. The summed E-state index contributed by atoms with van der Waals surface area (Å²) in [6.45, 7) is 5.62. The first-order chi connectivity index (χ1) is 16.7. The van der Waals surface area contributed by atoms with Gasteiger partial charge < -0.3 is 19.5 Å². The van der Waals surface area contributed by atoms with Crippen LogP contribution in [0.3, 0.4) is 0 Å². The summed E-state index contributed by atoms with van der Waals surface area (Å²) in [5.41, 5.74) is 0.638. The molecule has 0 fully saturated rings. The maximum absolute atomic E-state index is 13.2. The highest BCUT2D eigenvalue weighted by Gasteiger charge is 2.28. The van der Waals surface area contributed by atoms with Gasteiger partial charge in [0, 0.05) is 39.1 Å². The summed E-state index contributed by atoms with van der Waals surface area (Å²) in [4.78, 5) is 12.2. The zero-order valence-electron chi connectivity index (χ0n) is 20.7. The Hall–Kier alpha value is -2.54. The molecule has 3 rings (SSSR count). The summed E-state index contributed by atoms with van der Waals surface area (Å²) in [6.07, 6.45) is 2.26. The van der Waals surface area contributed by atoms with E-state index in [-0.39, 0.29) is 42.6 Å². The van der Waals surface area contributed by atoms with Crippen molar-refractivity contribution in [3.05, 3.63) is 36.2 Å². The zero-order chi connectivity index (χ0) is 25.4. The van der Waals surface area contributed by atoms with Crippen molar-refractivity contribution in [3.8, 4) is 5.75 Å². The van der Waals surface area contributed by atoms with E-state index in [0.717, 1.165) is 0 Å². The number of ether oxygens (including phenoxy) is 3. The third-order valence-corrected chi connectivity index (χ3v) is 7.76. The number of hydrogen-bond acceptors (Lipinski definition) is 9. The lowest BCUT2D eigenvalue weighted by atomic mass is 10.0. The second kappa shape index (κ2) is 12.4. The van der Waals surface area contributed by atoms with Crippen molar-refractivity contribution < 1.29 is 27.4 Å². The minimum Gasteiger partial charge on any atom is -0.497 e. The number of nitrogens with one attached hydrogen (secondary N) is 1. The fraction of sp³-hybridized carbons (Fsp3) is 0.609. The van der Waals surface area contributed by atoms with Gasteiger partial charge in [-0.1, -0.05) is 12.1 Å². The van der Waals surface area contributed by atoms with Crippen molar-refractivity contribution >= 4 is 16.0 Å². The third-order valence-electron chi connectivity index (χ3n) is 5.92. The van der Waals surface area contributed by atoms with Gasteiger partial charge in [0.05, 0.1) is 30.9 Å². The first kappa shape index (κ1) is 27.1. The summed E-state index contributed by atoms with van der Waals surface area (Å²) in [6, 6.07) is 6.23. The largest absolute Gasteiger partial charge is 0.497 e. The number of likely N-dealkylation sites (N-methyl/N-ethyl adjacent to an activating group) is 1. The van der Waals surface area contributed by atoms with E-state index in [2.05, 4.69) is 15.6 Å². The highest BCUT2D eigenvalue weighted by molar-refractivity contribution is 7.89. The van der Waals surface area contributed by atoms with Crippen molar-refractivity contribution in [1.29, 1.82) is 0 Å². The van der Waals surface area contributed by atoms with E-state index in [1.165, 1.54) is 23.5 Å². The quantitative estimate of drug-likeness (QED) is 0.596. The second-order valence-electron chi connectivity index (χ2n) is 8.86. The molecule has 1 N–H and O–H groups in total. The van der Waals surface area contributed by atoms with Gasteiger partial charge in [0.15, 0.2) is 0 Å². The molecular weight excluding hydrogens is 474 g/mol. The molecule has 2 aromatic rings. The van der Waals surface area contributed by atoms with E-state index >= 15 is 0 Å². The van der Waals surface area contributed by atoms with Gasteiger partial charge in [0.25, 0.3) is 0 Å². The fourth-order valence-corrected chi connectivity index (χ4v) is 4.82. The zero-order valence-corrected chi connectivity index (χ0v) is 21.5. The molecule has 194 valence electrons. The Labute approximate surface area is 206 Å². The van der Waals surface area contributed by atoms with E-state index < -0.39 is 16.1 Å². The van der Waals surface area contributed by atoms with Gasteiger partial charge in [-0.05, 0) is 43.5 Å². The molecule has 1 aromatic heterocycles. The highest BCUT2D eigenvalue weighted by atomic mass is 32.2. The van der Waals surface area contributed by atoms with Crippen LogP contribution in [0.2, 0.25) is 0 Å². The number of hydrogen-bond donors (Lipinski definition) is 1. The molecule has 1 aliphatic rings. The van der Waals surface area contributed by atoms with Crippen LogP contribution in [-0.2, 0) is 37.4 Å². The SMILES string of the molecule is COc1ccc(S(=O)(=O)N(C)C[C@H]2OCc3cn(nn3)CCCC(=O)OC[C@@H](C)NC[C@H]2C)cc1. The minimum atomic E-state index is -3.73. The molecule has 12 heteroatoms. The normalized spacial score (nSPS) is 23.1. The van der Waals surface area contributed by atoms with Crippen LogP contribution in [0.25, 0.3) is 0 Å². The first-order valence-electron chi connectivity index (χ1n) is 11.7. The molecule has 0 saturated heterocycles. The molecule has 0 saturated carbocycles. The third kappa shape index (κ3) is 7.72. The van der Waals surface area contributed by atoms with E-state index in [9.17, 15) is 13.2 Å². The second-order valence-corrected chi connectivity index (χ2v) is 10.9. The summed E-state index contributed by atoms with van der Waals surface area (Å²) < 4.78 is 46.0. The Morgan fingerprint density at radius 3 is 2.71 bits per heavy atom. The first-order valence-corrected chi connectivity index (χ1v) is 13.1. The maximum Gasteiger partial charge on any atom is 0.305 e. The smallest absolute Gasteiger partial charge is 0.305 e. The molecule has 2 heterocycles. The minimum absolute atomic E-state index is 0.0513. The maximum atomic E-state index is 13.2. The number of rotatable bonds is 5. The number of sulfonamides is 1. The highest BCUT2D eigenvalue weighted by Crippen LogP contribution is 2.21. The number of aromatic nitrogens is 3. The number of methoxy groups -OCH3 is 1. The Kier molecular flexibility index (Phi) is 9.61. The average Bonchev–Trinajstić information content (AvgIpc) is 3.30. The van der Waals surface area contributed by atoms with Crippen molar-refractivity contribution in [3.63, 3.8) is 0 Å². The van der Waals surface area contributed by atoms with Crippen LogP contribution in [0.15, 0.2) is 35.4 Å². The van der Waals surface area contributed by atoms with Crippen molar-refractivity contribution in [2.45, 2.75) is 56.9 Å². The number of nitrogens with zero attached hydrogens (tertiary/aromatic N) is 4. The van der Waals surface area contributed by atoms with Crippen molar-refractivity contribution in [1.82, 2.24) is 24.6 Å². The predicted molar refractivity (Wildman–Crippen MR) is 128 cm³/mol. The monoisotopic (exact) mass is 509 g/mol.